The first-order valence-corrected chi connectivity index (χ1v) is 8.27. The Bertz CT molecular complexity index is 635. The summed E-state index contributed by atoms with van der Waals surface area (Å²) in [5, 5.41) is 10.3. The van der Waals surface area contributed by atoms with Gasteiger partial charge >= 0.3 is 0 Å². The Morgan fingerprint density at radius 2 is 1.94 bits per heavy atom. The Balaban J connectivity index is 2.03. The number of anilines is 1. The molecule has 1 aromatic heterocycles. The molecule has 2 aromatic rings. The molecule has 0 saturated carbocycles. The second-order valence-corrected chi connectivity index (χ2v) is 7.53. The quantitative estimate of drug-likeness (QED) is 0.893. The Kier molecular flexibility index (Phi) is 4.06. The van der Waals surface area contributed by atoms with Crippen molar-refractivity contribution in [3.8, 4) is 0 Å². The van der Waals surface area contributed by atoms with Gasteiger partial charge in [-0.05, 0) is 57.2 Å². The van der Waals surface area contributed by atoms with Crippen LogP contribution in [0.25, 0.3) is 0 Å². The Morgan fingerprint density at radius 3 is 2.44 bits per heavy atom. The highest BCUT2D eigenvalue weighted by atomic mass is 79.9. The fourth-order valence-corrected chi connectivity index (χ4v) is 3.13. The molecule has 18 heavy (non-hydrogen) atoms. The van der Waals surface area contributed by atoms with Gasteiger partial charge in [0.15, 0.2) is 0 Å². The van der Waals surface area contributed by atoms with E-state index in [1.54, 1.807) is 23.5 Å². The minimum Gasteiger partial charge on any atom is -0.381 e. The number of halogens is 1. The van der Waals surface area contributed by atoms with Crippen molar-refractivity contribution in [1.82, 2.24) is 0 Å². The lowest BCUT2D eigenvalue weighted by molar-refractivity contribution is 0.598. The number of thiophene rings is 1. The fraction of sp³-hybridized carbons (Fsp3) is 0.0909. The first kappa shape index (κ1) is 13.5. The van der Waals surface area contributed by atoms with Gasteiger partial charge in [0.25, 0.3) is 0 Å². The second kappa shape index (κ2) is 5.40. The predicted octanol–water partition coefficient (Wildman–Crippen LogP) is 2.77. The lowest BCUT2D eigenvalue weighted by atomic mass is 10.3. The van der Waals surface area contributed by atoms with Crippen LogP contribution in [0.1, 0.15) is 5.56 Å². The zero-order valence-electron chi connectivity index (χ0n) is 9.26. The highest BCUT2D eigenvalue weighted by Gasteiger charge is 2.06. The summed E-state index contributed by atoms with van der Waals surface area (Å²) < 4.78 is 23.2. The van der Waals surface area contributed by atoms with E-state index < -0.39 is 10.0 Å². The van der Waals surface area contributed by atoms with Crippen LogP contribution in [0, 0.1) is 0 Å². The van der Waals surface area contributed by atoms with Gasteiger partial charge in [0, 0.05) is 12.2 Å². The third-order valence-corrected chi connectivity index (χ3v) is 4.78. The van der Waals surface area contributed by atoms with Gasteiger partial charge < -0.3 is 5.32 Å². The van der Waals surface area contributed by atoms with Crippen LogP contribution in [0.4, 0.5) is 5.69 Å². The molecule has 0 amide bonds. The molecule has 0 aliphatic rings. The third-order valence-electron chi connectivity index (χ3n) is 2.30. The molecule has 0 spiro atoms. The molecule has 96 valence electrons. The first-order chi connectivity index (χ1) is 8.45. The van der Waals surface area contributed by atoms with E-state index in [0.717, 1.165) is 9.47 Å². The molecule has 0 unspecified atom stereocenters. The number of sulfonamides is 1. The van der Waals surface area contributed by atoms with Crippen molar-refractivity contribution in [3.05, 3.63) is 45.1 Å². The Labute approximate surface area is 118 Å². The van der Waals surface area contributed by atoms with Crippen molar-refractivity contribution in [2.75, 3.05) is 5.32 Å². The molecule has 0 radical (unpaired) electrons. The van der Waals surface area contributed by atoms with Crippen LogP contribution in [-0.4, -0.2) is 8.42 Å². The molecule has 2 rings (SSSR count). The minimum atomic E-state index is -3.62. The number of primary sulfonamides is 1. The van der Waals surface area contributed by atoms with Crippen molar-refractivity contribution in [1.29, 1.82) is 0 Å². The van der Waals surface area contributed by atoms with Gasteiger partial charge in [-0.1, -0.05) is 0 Å². The van der Waals surface area contributed by atoms with Crippen molar-refractivity contribution in [3.63, 3.8) is 0 Å². The van der Waals surface area contributed by atoms with Crippen molar-refractivity contribution < 1.29 is 8.42 Å². The van der Waals surface area contributed by atoms with Crippen LogP contribution in [0.3, 0.4) is 0 Å². The first-order valence-electron chi connectivity index (χ1n) is 5.05. The summed E-state index contributed by atoms with van der Waals surface area (Å²) >= 11 is 5.03. The smallest absolute Gasteiger partial charge is 0.238 e. The van der Waals surface area contributed by atoms with Crippen LogP contribution >= 0.6 is 27.3 Å². The normalized spacial score (nSPS) is 11.4. The summed E-state index contributed by atoms with van der Waals surface area (Å²) in [5.74, 6) is 0. The summed E-state index contributed by atoms with van der Waals surface area (Å²) in [6.45, 7) is 0.691. The standard InChI is InChI=1S/C11H11BrN2O2S2/c12-11-5-8(7-17-11)6-14-9-1-3-10(4-2-9)18(13,15)16/h1-5,7,14H,6H2,(H2,13,15,16). The molecule has 0 bridgehead atoms. The number of benzene rings is 1. The largest absolute Gasteiger partial charge is 0.381 e. The van der Waals surface area contributed by atoms with Crippen molar-refractivity contribution in [2.24, 2.45) is 5.14 Å². The molecule has 0 saturated heterocycles. The second-order valence-electron chi connectivity index (χ2n) is 3.68. The molecular formula is C11H11BrN2O2S2. The summed E-state index contributed by atoms with van der Waals surface area (Å²) in [5.41, 5.74) is 2.02. The summed E-state index contributed by atoms with van der Waals surface area (Å²) in [4.78, 5) is 0.117. The highest BCUT2D eigenvalue weighted by Crippen LogP contribution is 2.21. The zero-order valence-corrected chi connectivity index (χ0v) is 12.5. The lowest BCUT2D eigenvalue weighted by Crippen LogP contribution is -2.11. The van der Waals surface area contributed by atoms with E-state index in [9.17, 15) is 8.42 Å². The predicted molar refractivity (Wildman–Crippen MR) is 77.2 cm³/mol. The highest BCUT2D eigenvalue weighted by molar-refractivity contribution is 9.11. The van der Waals surface area contributed by atoms with Gasteiger partial charge in [0.2, 0.25) is 10.0 Å². The monoisotopic (exact) mass is 346 g/mol. The summed E-state index contributed by atoms with van der Waals surface area (Å²) in [6.07, 6.45) is 0. The number of nitrogens with two attached hydrogens (primary N) is 1. The molecule has 4 nitrogen and oxygen atoms in total. The molecule has 1 aromatic carbocycles. The maximum atomic E-state index is 11.1. The third kappa shape index (κ3) is 3.55. The molecule has 3 N–H and O–H groups in total. The van der Waals surface area contributed by atoms with E-state index >= 15 is 0 Å². The molecule has 0 aliphatic heterocycles. The van der Waals surface area contributed by atoms with Crippen LogP contribution in [0.5, 0.6) is 0 Å². The molecule has 1 heterocycles. The zero-order chi connectivity index (χ0) is 13.2. The van der Waals surface area contributed by atoms with Crippen LogP contribution in [0.2, 0.25) is 0 Å². The topological polar surface area (TPSA) is 72.2 Å². The van der Waals surface area contributed by atoms with Gasteiger partial charge in [-0.2, -0.15) is 0 Å². The van der Waals surface area contributed by atoms with Crippen LogP contribution < -0.4 is 10.5 Å². The van der Waals surface area contributed by atoms with Crippen LogP contribution in [-0.2, 0) is 16.6 Å². The average Bonchev–Trinajstić information content (AvgIpc) is 2.72. The SMILES string of the molecule is NS(=O)(=O)c1ccc(NCc2csc(Br)c2)cc1. The van der Waals surface area contributed by atoms with Gasteiger partial charge in [-0.3, -0.25) is 0 Å². The number of hydrogen-bond acceptors (Lipinski definition) is 4. The molecular weight excluding hydrogens is 336 g/mol. The van der Waals surface area contributed by atoms with E-state index in [-0.39, 0.29) is 4.90 Å². The van der Waals surface area contributed by atoms with E-state index in [4.69, 9.17) is 5.14 Å². The van der Waals surface area contributed by atoms with E-state index in [1.165, 1.54) is 17.7 Å². The lowest BCUT2D eigenvalue weighted by Gasteiger charge is -2.05. The molecule has 0 atom stereocenters. The Hall–Kier alpha value is -0.890. The minimum absolute atomic E-state index is 0.117. The molecule has 0 aliphatic carbocycles. The molecule has 7 heteroatoms. The van der Waals surface area contributed by atoms with Gasteiger partial charge in [0.05, 0.1) is 8.68 Å². The van der Waals surface area contributed by atoms with E-state index in [2.05, 4.69) is 26.6 Å². The van der Waals surface area contributed by atoms with Gasteiger partial charge in [-0.25, -0.2) is 13.6 Å². The van der Waals surface area contributed by atoms with Crippen molar-refractivity contribution >= 4 is 43.0 Å². The fourth-order valence-electron chi connectivity index (χ4n) is 1.41. The Morgan fingerprint density at radius 1 is 1.28 bits per heavy atom. The summed E-state index contributed by atoms with van der Waals surface area (Å²) in [6, 6.07) is 8.40. The summed E-state index contributed by atoms with van der Waals surface area (Å²) in [7, 11) is -3.62. The van der Waals surface area contributed by atoms with Crippen molar-refractivity contribution in [2.45, 2.75) is 11.4 Å². The van der Waals surface area contributed by atoms with Gasteiger partial charge in [0.1, 0.15) is 0 Å². The number of rotatable bonds is 4. The number of nitrogens with one attached hydrogen (secondary N) is 1. The van der Waals surface area contributed by atoms with E-state index in [0.29, 0.717) is 6.54 Å². The number of hydrogen-bond donors (Lipinski definition) is 2. The van der Waals surface area contributed by atoms with Gasteiger partial charge in [-0.15, -0.1) is 11.3 Å². The van der Waals surface area contributed by atoms with E-state index in [1.807, 2.05) is 6.07 Å². The molecule has 0 fully saturated rings. The maximum absolute atomic E-state index is 11.1. The average molecular weight is 347 g/mol. The maximum Gasteiger partial charge on any atom is 0.238 e. The van der Waals surface area contributed by atoms with Crippen LogP contribution in [0.15, 0.2) is 44.4 Å².